The Morgan fingerprint density at radius 3 is 1.97 bits per heavy atom. The van der Waals surface area contributed by atoms with E-state index in [4.69, 9.17) is 0 Å². The lowest BCUT2D eigenvalue weighted by Gasteiger charge is -2.27. The smallest absolute Gasteiger partial charge is 0.0770 e. The molecule has 0 amide bonds. The standard InChI is InChI=1S/C27H35N3/c1-7-30(8-2)24-17-18-25(21(4)19-24)27(28-26-12-10-9-11-20(26)3)22-13-15-23(16-14-22)29(5)6/h9-19,27-28H,7-8H2,1-6H3. The Bertz CT molecular complexity index is 956. The molecule has 3 aromatic carbocycles. The van der Waals surface area contributed by atoms with Crippen molar-refractivity contribution in [2.75, 3.05) is 42.3 Å². The molecule has 1 atom stereocenters. The SMILES string of the molecule is CCN(CC)c1ccc(C(Nc2ccccc2C)c2ccc(N(C)C)cc2)c(C)c1. The summed E-state index contributed by atoms with van der Waals surface area (Å²) in [5.74, 6) is 0. The fraction of sp³-hybridized carbons (Fsp3) is 0.333. The summed E-state index contributed by atoms with van der Waals surface area (Å²) in [4.78, 5) is 4.53. The first-order valence-corrected chi connectivity index (χ1v) is 10.9. The number of para-hydroxylation sites is 1. The van der Waals surface area contributed by atoms with Crippen molar-refractivity contribution >= 4 is 17.1 Å². The van der Waals surface area contributed by atoms with E-state index in [1.54, 1.807) is 0 Å². The van der Waals surface area contributed by atoms with Crippen molar-refractivity contribution in [2.45, 2.75) is 33.7 Å². The highest BCUT2D eigenvalue weighted by Crippen LogP contribution is 2.33. The molecule has 3 nitrogen and oxygen atoms in total. The molecule has 158 valence electrons. The average molecular weight is 402 g/mol. The van der Waals surface area contributed by atoms with Gasteiger partial charge in [0.25, 0.3) is 0 Å². The molecule has 0 heterocycles. The van der Waals surface area contributed by atoms with Crippen molar-refractivity contribution in [3.05, 3.63) is 89.0 Å². The first-order chi connectivity index (χ1) is 14.4. The molecule has 0 aromatic heterocycles. The maximum absolute atomic E-state index is 3.82. The van der Waals surface area contributed by atoms with Crippen LogP contribution in [0.1, 0.15) is 42.1 Å². The van der Waals surface area contributed by atoms with Gasteiger partial charge < -0.3 is 15.1 Å². The van der Waals surface area contributed by atoms with Crippen molar-refractivity contribution in [1.29, 1.82) is 0 Å². The van der Waals surface area contributed by atoms with Gasteiger partial charge in [0.15, 0.2) is 0 Å². The summed E-state index contributed by atoms with van der Waals surface area (Å²) in [5, 5.41) is 3.82. The average Bonchev–Trinajstić information content (AvgIpc) is 2.75. The minimum atomic E-state index is 0.0908. The van der Waals surface area contributed by atoms with Gasteiger partial charge >= 0.3 is 0 Å². The molecular formula is C27H35N3. The van der Waals surface area contributed by atoms with Gasteiger partial charge in [0, 0.05) is 44.2 Å². The molecule has 30 heavy (non-hydrogen) atoms. The molecular weight excluding hydrogens is 366 g/mol. The van der Waals surface area contributed by atoms with Crippen molar-refractivity contribution in [2.24, 2.45) is 0 Å². The molecule has 0 saturated carbocycles. The Morgan fingerprint density at radius 2 is 1.40 bits per heavy atom. The summed E-state index contributed by atoms with van der Waals surface area (Å²) >= 11 is 0. The predicted octanol–water partition coefficient (Wildman–Crippen LogP) is 6.42. The lowest BCUT2D eigenvalue weighted by atomic mass is 9.93. The molecule has 3 rings (SSSR count). The monoisotopic (exact) mass is 401 g/mol. The first-order valence-electron chi connectivity index (χ1n) is 10.9. The van der Waals surface area contributed by atoms with Gasteiger partial charge in [-0.05, 0) is 80.3 Å². The molecule has 0 aliphatic carbocycles. The van der Waals surface area contributed by atoms with Crippen LogP contribution < -0.4 is 15.1 Å². The van der Waals surface area contributed by atoms with Gasteiger partial charge in [-0.3, -0.25) is 0 Å². The normalized spacial score (nSPS) is 11.8. The largest absolute Gasteiger partial charge is 0.378 e. The predicted molar refractivity (Wildman–Crippen MR) is 132 cm³/mol. The van der Waals surface area contributed by atoms with E-state index in [0.717, 1.165) is 13.1 Å². The van der Waals surface area contributed by atoms with E-state index >= 15 is 0 Å². The Balaban J connectivity index is 2.04. The Kier molecular flexibility index (Phi) is 7.04. The van der Waals surface area contributed by atoms with Gasteiger partial charge in [0.1, 0.15) is 0 Å². The third-order valence-corrected chi connectivity index (χ3v) is 5.88. The zero-order chi connectivity index (χ0) is 21.7. The Morgan fingerprint density at radius 1 is 0.767 bits per heavy atom. The van der Waals surface area contributed by atoms with Crippen molar-refractivity contribution < 1.29 is 0 Å². The summed E-state index contributed by atoms with van der Waals surface area (Å²) in [6.07, 6.45) is 0. The number of nitrogens with zero attached hydrogens (tertiary/aromatic N) is 2. The van der Waals surface area contributed by atoms with Crippen molar-refractivity contribution in [1.82, 2.24) is 0 Å². The van der Waals surface area contributed by atoms with Crippen LogP contribution in [0, 0.1) is 13.8 Å². The number of benzene rings is 3. The molecule has 0 saturated heterocycles. The third kappa shape index (κ3) is 4.79. The molecule has 1 N–H and O–H groups in total. The van der Waals surface area contributed by atoms with Crippen LogP contribution in [0.4, 0.5) is 17.1 Å². The van der Waals surface area contributed by atoms with Gasteiger partial charge in [-0.15, -0.1) is 0 Å². The van der Waals surface area contributed by atoms with Gasteiger partial charge in [-0.2, -0.15) is 0 Å². The second-order valence-electron chi connectivity index (χ2n) is 8.09. The van der Waals surface area contributed by atoms with Crippen LogP contribution in [-0.2, 0) is 0 Å². The molecule has 1 unspecified atom stereocenters. The third-order valence-electron chi connectivity index (χ3n) is 5.88. The Hall–Kier alpha value is -2.94. The summed E-state index contributed by atoms with van der Waals surface area (Å²) < 4.78 is 0. The van der Waals surface area contributed by atoms with Crippen LogP contribution in [0.3, 0.4) is 0 Å². The van der Waals surface area contributed by atoms with Crippen molar-refractivity contribution in [3.8, 4) is 0 Å². The molecule has 0 aliphatic rings. The molecule has 0 fully saturated rings. The summed E-state index contributed by atoms with van der Waals surface area (Å²) in [6, 6.07) is 24.3. The molecule has 0 bridgehead atoms. The first kappa shape index (κ1) is 21.8. The quantitative estimate of drug-likeness (QED) is 0.470. The van der Waals surface area contributed by atoms with E-state index in [0.29, 0.717) is 0 Å². The lowest BCUT2D eigenvalue weighted by Crippen LogP contribution is -2.22. The topological polar surface area (TPSA) is 18.5 Å². The second-order valence-corrected chi connectivity index (χ2v) is 8.09. The minimum absolute atomic E-state index is 0.0908. The van der Waals surface area contributed by atoms with Gasteiger partial charge in [0.2, 0.25) is 0 Å². The van der Waals surface area contributed by atoms with Crippen LogP contribution in [0.25, 0.3) is 0 Å². The highest BCUT2D eigenvalue weighted by molar-refractivity contribution is 5.59. The van der Waals surface area contributed by atoms with Crippen LogP contribution in [0.5, 0.6) is 0 Å². The lowest BCUT2D eigenvalue weighted by molar-refractivity contribution is 0.861. The van der Waals surface area contributed by atoms with E-state index in [1.807, 2.05) is 0 Å². The van der Waals surface area contributed by atoms with Gasteiger partial charge in [-0.25, -0.2) is 0 Å². The van der Waals surface area contributed by atoms with Gasteiger partial charge in [-0.1, -0.05) is 36.4 Å². The van der Waals surface area contributed by atoms with Crippen LogP contribution >= 0.6 is 0 Å². The molecule has 3 aromatic rings. The van der Waals surface area contributed by atoms with E-state index in [2.05, 4.69) is 124 Å². The fourth-order valence-electron chi connectivity index (χ4n) is 3.97. The number of hydrogen-bond donors (Lipinski definition) is 1. The van der Waals surface area contributed by atoms with Crippen LogP contribution in [0.15, 0.2) is 66.7 Å². The number of hydrogen-bond acceptors (Lipinski definition) is 3. The summed E-state index contributed by atoms with van der Waals surface area (Å²) in [5.41, 5.74) is 8.81. The molecule has 0 radical (unpaired) electrons. The van der Waals surface area contributed by atoms with Crippen LogP contribution in [0.2, 0.25) is 0 Å². The number of aryl methyl sites for hydroxylation is 2. The molecule has 0 aliphatic heterocycles. The van der Waals surface area contributed by atoms with E-state index in [1.165, 1.54) is 39.3 Å². The van der Waals surface area contributed by atoms with Gasteiger partial charge in [0.05, 0.1) is 6.04 Å². The van der Waals surface area contributed by atoms with Crippen LogP contribution in [-0.4, -0.2) is 27.2 Å². The number of nitrogens with one attached hydrogen (secondary N) is 1. The van der Waals surface area contributed by atoms with E-state index in [9.17, 15) is 0 Å². The number of rotatable bonds is 8. The summed E-state index contributed by atoms with van der Waals surface area (Å²) in [6.45, 7) is 10.8. The van der Waals surface area contributed by atoms with Crippen molar-refractivity contribution in [3.63, 3.8) is 0 Å². The molecule has 3 heteroatoms. The fourth-order valence-corrected chi connectivity index (χ4v) is 3.97. The highest BCUT2D eigenvalue weighted by atomic mass is 15.1. The summed E-state index contributed by atoms with van der Waals surface area (Å²) in [7, 11) is 4.16. The highest BCUT2D eigenvalue weighted by Gasteiger charge is 2.18. The maximum Gasteiger partial charge on any atom is 0.0770 e. The van der Waals surface area contributed by atoms with E-state index in [-0.39, 0.29) is 6.04 Å². The number of anilines is 3. The minimum Gasteiger partial charge on any atom is -0.378 e. The molecule has 0 spiro atoms. The zero-order valence-corrected chi connectivity index (χ0v) is 19.2. The Labute approximate surface area is 182 Å². The van der Waals surface area contributed by atoms with E-state index < -0.39 is 0 Å². The zero-order valence-electron chi connectivity index (χ0n) is 19.2. The second kappa shape index (κ2) is 9.71. The maximum atomic E-state index is 3.82.